The van der Waals surface area contributed by atoms with Gasteiger partial charge in [0.2, 0.25) is 0 Å². The van der Waals surface area contributed by atoms with Gasteiger partial charge in [0.1, 0.15) is 5.75 Å². The van der Waals surface area contributed by atoms with Gasteiger partial charge in [-0.15, -0.1) is 0 Å². The second-order valence-corrected chi connectivity index (χ2v) is 5.21. The van der Waals surface area contributed by atoms with E-state index in [1.165, 1.54) is 19.3 Å². The van der Waals surface area contributed by atoms with E-state index in [9.17, 15) is 4.79 Å². The van der Waals surface area contributed by atoms with E-state index in [0.29, 0.717) is 36.3 Å². The van der Waals surface area contributed by atoms with Crippen LogP contribution in [0, 0.1) is 11.8 Å². The van der Waals surface area contributed by atoms with Crippen LogP contribution in [0.3, 0.4) is 0 Å². The summed E-state index contributed by atoms with van der Waals surface area (Å²) in [7, 11) is 0. The van der Waals surface area contributed by atoms with Crippen LogP contribution < -0.4 is 16.2 Å². The Labute approximate surface area is 114 Å². The maximum absolute atomic E-state index is 11.3. The predicted octanol–water partition coefficient (Wildman–Crippen LogP) is 1.93. The first kappa shape index (κ1) is 13.9. The van der Waals surface area contributed by atoms with Crippen molar-refractivity contribution in [3.63, 3.8) is 0 Å². The molecule has 1 aliphatic rings. The van der Waals surface area contributed by atoms with Crippen LogP contribution >= 0.6 is 0 Å². The Hall–Kier alpha value is -1.55. The minimum absolute atomic E-state index is 0.447. The lowest BCUT2D eigenvalue weighted by Crippen LogP contribution is -2.31. The molecular formula is C15H22N2O2. The molecule has 1 aromatic carbocycles. The van der Waals surface area contributed by atoms with Crippen LogP contribution in [0.5, 0.6) is 5.75 Å². The van der Waals surface area contributed by atoms with E-state index >= 15 is 0 Å². The molecule has 4 nitrogen and oxygen atoms in total. The molecule has 4 heteroatoms. The van der Waals surface area contributed by atoms with E-state index < -0.39 is 5.91 Å². The zero-order chi connectivity index (χ0) is 13.7. The SMILES string of the molecule is NCC1CCCCC1COc1ccccc1C(N)=O. The number of ether oxygens (including phenoxy) is 1. The fraction of sp³-hybridized carbons (Fsp3) is 0.533. The molecule has 0 saturated heterocycles. The summed E-state index contributed by atoms with van der Waals surface area (Å²) in [6, 6.07) is 7.12. The molecule has 1 amide bonds. The van der Waals surface area contributed by atoms with Crippen LogP contribution in [0.1, 0.15) is 36.0 Å². The molecule has 2 atom stereocenters. The van der Waals surface area contributed by atoms with Crippen molar-refractivity contribution in [3.8, 4) is 5.75 Å². The number of primary amides is 1. The van der Waals surface area contributed by atoms with Crippen LogP contribution in [-0.2, 0) is 0 Å². The van der Waals surface area contributed by atoms with Crippen molar-refractivity contribution >= 4 is 5.91 Å². The Bertz CT molecular complexity index is 434. The van der Waals surface area contributed by atoms with Gasteiger partial charge in [0, 0.05) is 0 Å². The molecule has 2 unspecified atom stereocenters. The van der Waals surface area contributed by atoms with Crippen molar-refractivity contribution in [2.24, 2.45) is 23.3 Å². The number of carbonyl (C=O) groups excluding carboxylic acids is 1. The maximum Gasteiger partial charge on any atom is 0.252 e. The highest BCUT2D eigenvalue weighted by atomic mass is 16.5. The summed E-state index contributed by atoms with van der Waals surface area (Å²) in [5, 5.41) is 0. The van der Waals surface area contributed by atoms with Gasteiger partial charge >= 0.3 is 0 Å². The molecular weight excluding hydrogens is 240 g/mol. The standard InChI is InChI=1S/C15H22N2O2/c16-9-11-5-1-2-6-12(11)10-19-14-8-4-3-7-13(14)15(17)18/h3-4,7-8,11-12H,1-2,5-6,9-10,16H2,(H2,17,18). The molecule has 1 aliphatic carbocycles. The van der Waals surface area contributed by atoms with Crippen molar-refractivity contribution in [1.82, 2.24) is 0 Å². The van der Waals surface area contributed by atoms with Gasteiger partial charge in [-0.2, -0.15) is 0 Å². The second-order valence-electron chi connectivity index (χ2n) is 5.21. The van der Waals surface area contributed by atoms with E-state index in [2.05, 4.69) is 0 Å². The number of hydrogen-bond donors (Lipinski definition) is 2. The lowest BCUT2D eigenvalue weighted by molar-refractivity contribution is 0.0992. The number of rotatable bonds is 5. The quantitative estimate of drug-likeness (QED) is 0.851. The molecule has 19 heavy (non-hydrogen) atoms. The molecule has 4 N–H and O–H groups in total. The summed E-state index contributed by atoms with van der Waals surface area (Å²) in [5.74, 6) is 1.15. The first-order valence-electron chi connectivity index (χ1n) is 6.94. The van der Waals surface area contributed by atoms with Crippen LogP contribution in [0.15, 0.2) is 24.3 Å². The highest BCUT2D eigenvalue weighted by Crippen LogP contribution is 2.30. The lowest BCUT2D eigenvalue weighted by Gasteiger charge is -2.30. The number of hydrogen-bond acceptors (Lipinski definition) is 3. The number of nitrogens with two attached hydrogens (primary N) is 2. The van der Waals surface area contributed by atoms with Gasteiger partial charge in [0.05, 0.1) is 12.2 Å². The Morgan fingerprint density at radius 3 is 2.58 bits per heavy atom. The minimum Gasteiger partial charge on any atom is -0.492 e. The van der Waals surface area contributed by atoms with Crippen molar-refractivity contribution in [2.45, 2.75) is 25.7 Å². The Balaban J connectivity index is 2.00. The predicted molar refractivity (Wildman–Crippen MR) is 75.0 cm³/mol. The summed E-state index contributed by atoms with van der Waals surface area (Å²) in [6.45, 7) is 1.33. The average molecular weight is 262 g/mol. The lowest BCUT2D eigenvalue weighted by atomic mass is 9.80. The number of amides is 1. The molecule has 1 saturated carbocycles. The zero-order valence-electron chi connectivity index (χ0n) is 11.2. The second kappa shape index (κ2) is 6.57. The van der Waals surface area contributed by atoms with E-state index in [-0.39, 0.29) is 0 Å². The molecule has 0 aliphatic heterocycles. The van der Waals surface area contributed by atoms with Gasteiger partial charge in [-0.05, 0) is 43.4 Å². The third-order valence-corrected chi connectivity index (χ3v) is 3.97. The minimum atomic E-state index is -0.449. The van der Waals surface area contributed by atoms with Gasteiger partial charge in [-0.25, -0.2) is 0 Å². The molecule has 104 valence electrons. The molecule has 2 rings (SSSR count). The molecule has 1 fully saturated rings. The Morgan fingerprint density at radius 2 is 1.89 bits per heavy atom. The summed E-state index contributed by atoms with van der Waals surface area (Å²) < 4.78 is 5.81. The van der Waals surface area contributed by atoms with Crippen LogP contribution in [0.2, 0.25) is 0 Å². The molecule has 1 aromatic rings. The first-order valence-corrected chi connectivity index (χ1v) is 6.94. The molecule has 0 spiro atoms. The number of carbonyl (C=O) groups is 1. The fourth-order valence-corrected chi connectivity index (χ4v) is 2.81. The van der Waals surface area contributed by atoms with Gasteiger partial charge < -0.3 is 16.2 Å². The topological polar surface area (TPSA) is 78.3 Å². The van der Waals surface area contributed by atoms with Gasteiger partial charge in [-0.3, -0.25) is 4.79 Å². The van der Waals surface area contributed by atoms with Crippen LogP contribution in [0.25, 0.3) is 0 Å². The normalized spacial score (nSPS) is 23.0. The van der Waals surface area contributed by atoms with Crippen molar-refractivity contribution in [2.75, 3.05) is 13.2 Å². The smallest absolute Gasteiger partial charge is 0.252 e. The molecule has 0 heterocycles. The van der Waals surface area contributed by atoms with E-state index in [0.717, 1.165) is 6.42 Å². The van der Waals surface area contributed by atoms with E-state index in [1.54, 1.807) is 18.2 Å². The third kappa shape index (κ3) is 3.47. The summed E-state index contributed by atoms with van der Waals surface area (Å²) >= 11 is 0. The third-order valence-electron chi connectivity index (χ3n) is 3.97. The van der Waals surface area contributed by atoms with Crippen LogP contribution in [-0.4, -0.2) is 19.1 Å². The van der Waals surface area contributed by atoms with Crippen molar-refractivity contribution < 1.29 is 9.53 Å². The summed E-state index contributed by atoms with van der Waals surface area (Å²) in [4.78, 5) is 11.3. The molecule has 0 aromatic heterocycles. The monoisotopic (exact) mass is 262 g/mol. The summed E-state index contributed by atoms with van der Waals surface area (Å²) in [6.07, 6.45) is 4.83. The van der Waals surface area contributed by atoms with E-state index in [1.807, 2.05) is 6.07 Å². The fourth-order valence-electron chi connectivity index (χ4n) is 2.81. The highest BCUT2D eigenvalue weighted by molar-refractivity contribution is 5.95. The largest absolute Gasteiger partial charge is 0.492 e. The highest BCUT2D eigenvalue weighted by Gasteiger charge is 2.24. The summed E-state index contributed by atoms with van der Waals surface area (Å²) in [5.41, 5.74) is 11.6. The molecule has 0 bridgehead atoms. The van der Waals surface area contributed by atoms with Crippen molar-refractivity contribution in [1.29, 1.82) is 0 Å². The van der Waals surface area contributed by atoms with Gasteiger partial charge in [0.25, 0.3) is 5.91 Å². The molecule has 0 radical (unpaired) electrons. The van der Waals surface area contributed by atoms with Gasteiger partial charge in [0.15, 0.2) is 0 Å². The van der Waals surface area contributed by atoms with Crippen LogP contribution in [0.4, 0.5) is 0 Å². The first-order chi connectivity index (χ1) is 9.22. The zero-order valence-corrected chi connectivity index (χ0v) is 11.2. The van der Waals surface area contributed by atoms with E-state index in [4.69, 9.17) is 16.2 Å². The maximum atomic E-state index is 11.3. The Morgan fingerprint density at radius 1 is 1.21 bits per heavy atom. The van der Waals surface area contributed by atoms with Gasteiger partial charge in [-0.1, -0.05) is 25.0 Å². The van der Waals surface area contributed by atoms with Crippen molar-refractivity contribution in [3.05, 3.63) is 29.8 Å². The average Bonchev–Trinajstić information content (AvgIpc) is 2.45. The number of para-hydroxylation sites is 1. The Kier molecular flexibility index (Phi) is 4.80. The number of benzene rings is 1.